The summed E-state index contributed by atoms with van der Waals surface area (Å²) in [5.74, 6) is 0.962. The molecule has 1 aromatic rings. The molecule has 0 spiro atoms. The van der Waals surface area contributed by atoms with Gasteiger partial charge in [0.2, 0.25) is 10.0 Å². The van der Waals surface area contributed by atoms with E-state index in [9.17, 15) is 16.8 Å². The Morgan fingerprint density at radius 2 is 1.63 bits per heavy atom. The van der Waals surface area contributed by atoms with Crippen LogP contribution < -0.4 is 4.72 Å². The van der Waals surface area contributed by atoms with Crippen molar-refractivity contribution >= 4 is 29.8 Å². The van der Waals surface area contributed by atoms with Gasteiger partial charge in [0.25, 0.3) is 9.05 Å². The van der Waals surface area contributed by atoms with E-state index >= 15 is 0 Å². The van der Waals surface area contributed by atoms with Gasteiger partial charge in [0, 0.05) is 17.2 Å². The summed E-state index contributed by atoms with van der Waals surface area (Å²) in [4.78, 5) is -0.0891. The minimum atomic E-state index is -3.83. The molecule has 0 radical (unpaired) electrons. The smallest absolute Gasteiger partial charge is 0.211 e. The van der Waals surface area contributed by atoms with Crippen LogP contribution in [0, 0.1) is 11.8 Å². The molecule has 0 aromatic heterocycles. The molecule has 2 rings (SSSR count). The summed E-state index contributed by atoms with van der Waals surface area (Å²) in [6.07, 6.45) is 1.03. The highest BCUT2D eigenvalue weighted by molar-refractivity contribution is 8.13. The second-order valence-electron chi connectivity index (χ2n) is 4.73. The Bertz CT molecular complexity index is 667. The molecule has 19 heavy (non-hydrogen) atoms. The molecule has 1 aromatic carbocycles. The fourth-order valence-electron chi connectivity index (χ4n) is 1.76. The van der Waals surface area contributed by atoms with E-state index in [1.807, 2.05) is 0 Å². The first kappa shape index (κ1) is 14.8. The van der Waals surface area contributed by atoms with E-state index in [0.717, 1.165) is 6.42 Å². The van der Waals surface area contributed by atoms with E-state index in [-0.39, 0.29) is 9.79 Å². The quantitative estimate of drug-likeness (QED) is 0.834. The minimum absolute atomic E-state index is 0.0323. The molecule has 106 valence electrons. The zero-order valence-electron chi connectivity index (χ0n) is 10.2. The second kappa shape index (κ2) is 5.05. The molecule has 1 aliphatic carbocycles. The summed E-state index contributed by atoms with van der Waals surface area (Å²) in [6.45, 7) is 2.48. The first-order valence-electron chi connectivity index (χ1n) is 5.74. The summed E-state index contributed by atoms with van der Waals surface area (Å²) in [5.41, 5.74) is 0. The topological polar surface area (TPSA) is 80.3 Å². The van der Waals surface area contributed by atoms with Crippen LogP contribution in [0.15, 0.2) is 34.1 Å². The summed E-state index contributed by atoms with van der Waals surface area (Å²) in [5, 5.41) is 0. The van der Waals surface area contributed by atoms with Gasteiger partial charge in [-0.15, -0.1) is 0 Å². The van der Waals surface area contributed by atoms with Gasteiger partial charge in [0.05, 0.1) is 9.79 Å². The maximum Gasteiger partial charge on any atom is 0.261 e. The van der Waals surface area contributed by atoms with Gasteiger partial charge < -0.3 is 0 Å². The van der Waals surface area contributed by atoms with Gasteiger partial charge in [-0.2, -0.15) is 0 Å². The van der Waals surface area contributed by atoms with Gasteiger partial charge in [-0.25, -0.2) is 21.6 Å². The molecule has 5 nitrogen and oxygen atoms in total. The van der Waals surface area contributed by atoms with Crippen LogP contribution >= 0.6 is 10.7 Å². The standard InChI is InChI=1S/C11H14ClNO4S2/c1-8-6-9(8)7-13-19(16,17)11-4-2-10(3-5-11)18(12,14)15/h2-5,8-9,13H,6-7H2,1H3. The zero-order valence-corrected chi connectivity index (χ0v) is 12.6. The van der Waals surface area contributed by atoms with Gasteiger partial charge >= 0.3 is 0 Å². The zero-order chi connectivity index (χ0) is 14.3. The number of sulfonamides is 1. The maximum atomic E-state index is 11.9. The van der Waals surface area contributed by atoms with E-state index in [1.54, 1.807) is 0 Å². The highest BCUT2D eigenvalue weighted by Crippen LogP contribution is 2.37. The van der Waals surface area contributed by atoms with Gasteiger partial charge in [-0.3, -0.25) is 0 Å². The average Bonchev–Trinajstić information content (AvgIpc) is 3.02. The molecule has 0 bridgehead atoms. The van der Waals surface area contributed by atoms with E-state index < -0.39 is 19.1 Å². The Hall–Kier alpha value is -0.630. The number of hydrogen-bond donors (Lipinski definition) is 1. The lowest BCUT2D eigenvalue weighted by atomic mass is 10.3. The van der Waals surface area contributed by atoms with Crippen LogP contribution in [0.1, 0.15) is 13.3 Å². The van der Waals surface area contributed by atoms with Crippen LogP contribution in [0.3, 0.4) is 0 Å². The van der Waals surface area contributed by atoms with Crippen molar-refractivity contribution in [3.05, 3.63) is 24.3 Å². The number of nitrogens with one attached hydrogen (secondary N) is 1. The largest absolute Gasteiger partial charge is 0.261 e. The van der Waals surface area contributed by atoms with E-state index in [4.69, 9.17) is 10.7 Å². The molecular weight excluding hydrogens is 310 g/mol. The van der Waals surface area contributed by atoms with Crippen molar-refractivity contribution in [1.29, 1.82) is 0 Å². The fourth-order valence-corrected chi connectivity index (χ4v) is 3.63. The first-order valence-corrected chi connectivity index (χ1v) is 9.54. The first-order chi connectivity index (χ1) is 8.70. The molecule has 0 saturated heterocycles. The number of hydrogen-bond acceptors (Lipinski definition) is 4. The molecule has 2 unspecified atom stereocenters. The summed E-state index contributed by atoms with van der Waals surface area (Å²) in [6, 6.07) is 4.81. The van der Waals surface area contributed by atoms with E-state index in [2.05, 4.69) is 11.6 Å². The Kier molecular flexibility index (Phi) is 3.92. The number of rotatable bonds is 5. The highest BCUT2D eigenvalue weighted by atomic mass is 35.7. The summed E-state index contributed by atoms with van der Waals surface area (Å²) >= 11 is 0. The van der Waals surface area contributed by atoms with Crippen molar-refractivity contribution in [3.8, 4) is 0 Å². The summed E-state index contributed by atoms with van der Waals surface area (Å²) in [7, 11) is -2.26. The van der Waals surface area contributed by atoms with Crippen molar-refractivity contribution in [2.75, 3.05) is 6.54 Å². The lowest BCUT2D eigenvalue weighted by Gasteiger charge is -2.06. The van der Waals surface area contributed by atoms with E-state index in [1.165, 1.54) is 24.3 Å². The van der Waals surface area contributed by atoms with Crippen LogP contribution in [-0.4, -0.2) is 23.4 Å². The predicted octanol–water partition coefficient (Wildman–Crippen LogP) is 1.55. The Morgan fingerprint density at radius 3 is 2.05 bits per heavy atom. The number of halogens is 1. The summed E-state index contributed by atoms with van der Waals surface area (Å²) < 4.78 is 48.5. The molecule has 1 saturated carbocycles. The van der Waals surface area contributed by atoms with Crippen molar-refractivity contribution in [3.63, 3.8) is 0 Å². The van der Waals surface area contributed by atoms with Crippen LogP contribution in [0.2, 0.25) is 0 Å². The molecule has 1 fully saturated rings. The fraction of sp³-hybridized carbons (Fsp3) is 0.455. The Balaban J connectivity index is 2.12. The van der Waals surface area contributed by atoms with Crippen molar-refractivity contribution in [2.24, 2.45) is 11.8 Å². The molecule has 8 heteroatoms. The van der Waals surface area contributed by atoms with Crippen molar-refractivity contribution < 1.29 is 16.8 Å². The van der Waals surface area contributed by atoms with E-state index in [0.29, 0.717) is 18.4 Å². The highest BCUT2D eigenvalue weighted by Gasteiger charge is 2.33. The third kappa shape index (κ3) is 3.68. The van der Waals surface area contributed by atoms with Gasteiger partial charge in [-0.1, -0.05) is 6.92 Å². The Labute approximate surface area is 117 Å². The normalized spacial score (nSPS) is 23.3. The van der Waals surface area contributed by atoms with Crippen molar-refractivity contribution in [1.82, 2.24) is 4.72 Å². The molecule has 0 amide bonds. The van der Waals surface area contributed by atoms with Crippen LogP contribution in [-0.2, 0) is 19.1 Å². The monoisotopic (exact) mass is 323 g/mol. The second-order valence-corrected chi connectivity index (χ2v) is 9.07. The van der Waals surface area contributed by atoms with Gasteiger partial charge in [0.1, 0.15) is 0 Å². The lowest BCUT2D eigenvalue weighted by molar-refractivity contribution is 0.574. The molecule has 1 N–H and O–H groups in total. The molecule has 0 aliphatic heterocycles. The number of benzene rings is 1. The van der Waals surface area contributed by atoms with Gasteiger partial charge in [-0.05, 0) is 42.5 Å². The Morgan fingerprint density at radius 1 is 1.16 bits per heavy atom. The third-order valence-corrected chi connectivity index (χ3v) is 6.04. The van der Waals surface area contributed by atoms with Crippen LogP contribution in [0.4, 0.5) is 0 Å². The minimum Gasteiger partial charge on any atom is -0.211 e. The molecular formula is C11H14ClNO4S2. The predicted molar refractivity (Wildman–Crippen MR) is 71.9 cm³/mol. The maximum absolute atomic E-state index is 11.9. The average molecular weight is 324 g/mol. The molecule has 0 heterocycles. The SMILES string of the molecule is CC1CC1CNS(=O)(=O)c1ccc(S(=O)(=O)Cl)cc1. The molecule has 1 aliphatic rings. The van der Waals surface area contributed by atoms with Crippen LogP contribution in [0.25, 0.3) is 0 Å². The van der Waals surface area contributed by atoms with Crippen LogP contribution in [0.5, 0.6) is 0 Å². The third-order valence-electron chi connectivity index (χ3n) is 3.23. The van der Waals surface area contributed by atoms with Crippen molar-refractivity contribution in [2.45, 2.75) is 23.1 Å². The lowest BCUT2D eigenvalue weighted by Crippen LogP contribution is -2.26. The molecule has 2 atom stereocenters. The van der Waals surface area contributed by atoms with Gasteiger partial charge in [0.15, 0.2) is 0 Å².